The van der Waals surface area contributed by atoms with Gasteiger partial charge in [0.1, 0.15) is 0 Å². The summed E-state index contributed by atoms with van der Waals surface area (Å²) < 4.78 is 4.91. The summed E-state index contributed by atoms with van der Waals surface area (Å²) >= 11 is 1.50. The first-order chi connectivity index (χ1) is 10.7. The summed E-state index contributed by atoms with van der Waals surface area (Å²) in [7, 11) is 0. The maximum Gasteiger partial charge on any atom is 0.230 e. The number of hydrogen-bond donors (Lipinski definition) is 1. The van der Waals surface area contributed by atoms with Crippen molar-refractivity contribution in [1.29, 1.82) is 0 Å². The molecule has 1 N–H and O–H groups in total. The lowest BCUT2D eigenvalue weighted by atomic mass is 9.88. The van der Waals surface area contributed by atoms with Crippen LogP contribution in [0.5, 0.6) is 0 Å². The molecule has 0 radical (unpaired) electrons. The Labute approximate surface area is 133 Å². The number of thioether (sulfide) groups is 1. The minimum Gasteiger partial charge on any atom is -0.349 e. The molecular weight excluding hydrogens is 298 g/mol. The molecular formula is C16H19N3O2S. The van der Waals surface area contributed by atoms with Crippen molar-refractivity contribution in [2.75, 3.05) is 5.75 Å². The molecule has 1 aromatic heterocycles. The van der Waals surface area contributed by atoms with Crippen LogP contribution in [-0.4, -0.2) is 21.8 Å². The van der Waals surface area contributed by atoms with Gasteiger partial charge in [0.15, 0.2) is 5.82 Å². The van der Waals surface area contributed by atoms with Crippen LogP contribution in [0.1, 0.15) is 41.7 Å². The van der Waals surface area contributed by atoms with Crippen LogP contribution in [0.2, 0.25) is 0 Å². The Hall–Kier alpha value is -1.82. The zero-order chi connectivity index (χ0) is 15.4. The summed E-state index contributed by atoms with van der Waals surface area (Å²) in [6, 6.07) is 8.52. The van der Waals surface area contributed by atoms with E-state index in [0.717, 1.165) is 19.3 Å². The van der Waals surface area contributed by atoms with Gasteiger partial charge in [0.2, 0.25) is 11.8 Å². The van der Waals surface area contributed by atoms with Gasteiger partial charge in [-0.05, 0) is 30.4 Å². The first-order valence-electron chi connectivity index (χ1n) is 7.46. The van der Waals surface area contributed by atoms with Gasteiger partial charge >= 0.3 is 0 Å². The summed E-state index contributed by atoms with van der Waals surface area (Å²) in [4.78, 5) is 16.2. The van der Waals surface area contributed by atoms with E-state index in [1.807, 2.05) is 6.07 Å². The van der Waals surface area contributed by atoms with E-state index in [-0.39, 0.29) is 11.9 Å². The zero-order valence-electron chi connectivity index (χ0n) is 12.5. The Bertz CT molecular complexity index is 656. The molecule has 3 rings (SSSR count). The molecule has 1 aliphatic rings. The second-order valence-electron chi connectivity index (χ2n) is 5.43. The van der Waals surface area contributed by atoms with Crippen LogP contribution < -0.4 is 5.32 Å². The molecule has 1 atom stereocenters. The van der Waals surface area contributed by atoms with Crippen molar-refractivity contribution in [2.24, 2.45) is 0 Å². The van der Waals surface area contributed by atoms with Gasteiger partial charge in [0, 0.05) is 6.92 Å². The van der Waals surface area contributed by atoms with Gasteiger partial charge in [0.05, 0.1) is 17.5 Å². The average Bonchev–Trinajstić information content (AvgIpc) is 2.93. The topological polar surface area (TPSA) is 68.0 Å². The second kappa shape index (κ2) is 6.96. The third-order valence-electron chi connectivity index (χ3n) is 3.74. The number of rotatable bonds is 5. The third kappa shape index (κ3) is 3.68. The van der Waals surface area contributed by atoms with E-state index in [2.05, 4.69) is 33.7 Å². The van der Waals surface area contributed by atoms with E-state index in [0.29, 0.717) is 23.2 Å². The normalized spacial score (nSPS) is 17.0. The van der Waals surface area contributed by atoms with Gasteiger partial charge in [-0.2, -0.15) is 4.98 Å². The maximum absolute atomic E-state index is 12.1. The summed E-state index contributed by atoms with van der Waals surface area (Å²) in [5.41, 5.74) is 2.62. The number of benzene rings is 1. The Morgan fingerprint density at radius 3 is 3.14 bits per heavy atom. The molecule has 1 aromatic carbocycles. The summed E-state index contributed by atoms with van der Waals surface area (Å²) in [5, 5.41) is 6.96. The molecule has 22 heavy (non-hydrogen) atoms. The number of carbonyl (C=O) groups is 1. The van der Waals surface area contributed by atoms with Crippen LogP contribution >= 0.6 is 11.8 Å². The minimum absolute atomic E-state index is 0.0620. The van der Waals surface area contributed by atoms with Gasteiger partial charge in [-0.1, -0.05) is 29.4 Å². The van der Waals surface area contributed by atoms with E-state index in [1.54, 1.807) is 6.92 Å². The summed E-state index contributed by atoms with van der Waals surface area (Å²) in [5.74, 6) is 2.25. The number of nitrogens with zero attached hydrogens (tertiary/aromatic N) is 2. The van der Waals surface area contributed by atoms with Crippen LogP contribution in [0.25, 0.3) is 0 Å². The number of carbonyl (C=O) groups excluding carboxylic acids is 1. The molecule has 0 bridgehead atoms. The van der Waals surface area contributed by atoms with E-state index >= 15 is 0 Å². The molecule has 2 aromatic rings. The molecule has 0 unspecified atom stereocenters. The van der Waals surface area contributed by atoms with Crippen molar-refractivity contribution in [2.45, 2.75) is 38.0 Å². The Morgan fingerprint density at radius 2 is 2.32 bits per heavy atom. The first kappa shape index (κ1) is 15.1. The van der Waals surface area contributed by atoms with E-state index < -0.39 is 0 Å². The molecule has 0 spiro atoms. The van der Waals surface area contributed by atoms with Crippen molar-refractivity contribution in [3.8, 4) is 0 Å². The van der Waals surface area contributed by atoms with Crippen molar-refractivity contribution in [1.82, 2.24) is 15.5 Å². The predicted octanol–water partition coefficient (Wildman–Crippen LogP) is 2.81. The van der Waals surface area contributed by atoms with Crippen LogP contribution in [-0.2, 0) is 17.0 Å². The fourth-order valence-electron chi connectivity index (χ4n) is 2.77. The molecule has 0 aliphatic heterocycles. The minimum atomic E-state index is 0.0620. The molecule has 116 valence electrons. The molecule has 1 aliphatic carbocycles. The van der Waals surface area contributed by atoms with Crippen molar-refractivity contribution in [3.05, 3.63) is 47.1 Å². The van der Waals surface area contributed by atoms with Crippen molar-refractivity contribution < 1.29 is 9.32 Å². The third-order valence-corrected chi connectivity index (χ3v) is 4.67. The lowest BCUT2D eigenvalue weighted by molar-refractivity contribution is -0.119. The molecule has 0 saturated carbocycles. The highest BCUT2D eigenvalue weighted by Gasteiger charge is 2.21. The maximum atomic E-state index is 12.1. The van der Waals surface area contributed by atoms with Gasteiger partial charge in [-0.25, -0.2) is 0 Å². The van der Waals surface area contributed by atoms with Gasteiger partial charge in [0.25, 0.3) is 0 Å². The number of aromatic nitrogens is 2. The summed E-state index contributed by atoms with van der Waals surface area (Å²) in [6.45, 7) is 1.76. The Kier molecular flexibility index (Phi) is 4.77. The highest BCUT2D eigenvalue weighted by molar-refractivity contribution is 7.99. The predicted molar refractivity (Wildman–Crippen MR) is 85.5 cm³/mol. The first-order valence-corrected chi connectivity index (χ1v) is 8.62. The highest BCUT2D eigenvalue weighted by Crippen LogP contribution is 2.29. The number of hydrogen-bond acceptors (Lipinski definition) is 5. The molecule has 1 heterocycles. The van der Waals surface area contributed by atoms with E-state index in [9.17, 15) is 4.79 Å². The van der Waals surface area contributed by atoms with Crippen LogP contribution in [0, 0.1) is 6.92 Å². The standard InChI is InChI=1S/C16H19N3O2S/c1-11-17-15(19-21-11)9-22-10-16(20)18-14-8-4-6-12-5-2-3-7-13(12)14/h2-3,5,7,14H,4,6,8-10H2,1H3,(H,18,20)/t14-/m0/s1. The SMILES string of the molecule is Cc1nc(CSCC(=O)N[C@H]2CCCc3ccccc32)no1. The van der Waals surface area contributed by atoms with E-state index in [1.165, 1.54) is 22.9 Å². The molecule has 0 fully saturated rings. The number of nitrogens with one attached hydrogen (secondary N) is 1. The highest BCUT2D eigenvalue weighted by atomic mass is 32.2. The largest absolute Gasteiger partial charge is 0.349 e. The summed E-state index contributed by atoms with van der Waals surface area (Å²) in [6.07, 6.45) is 3.24. The van der Waals surface area contributed by atoms with Crippen LogP contribution in [0.3, 0.4) is 0 Å². The van der Waals surface area contributed by atoms with Gasteiger partial charge in [-0.3, -0.25) is 4.79 Å². The molecule has 0 saturated heterocycles. The van der Waals surface area contributed by atoms with Crippen molar-refractivity contribution >= 4 is 17.7 Å². The Morgan fingerprint density at radius 1 is 1.45 bits per heavy atom. The number of amides is 1. The smallest absolute Gasteiger partial charge is 0.230 e. The number of aryl methyl sites for hydroxylation is 2. The lowest BCUT2D eigenvalue weighted by Gasteiger charge is -2.26. The molecule has 1 amide bonds. The monoisotopic (exact) mass is 317 g/mol. The zero-order valence-corrected chi connectivity index (χ0v) is 13.4. The fourth-order valence-corrected chi connectivity index (χ4v) is 3.45. The molecule has 6 heteroatoms. The lowest BCUT2D eigenvalue weighted by Crippen LogP contribution is -2.32. The second-order valence-corrected chi connectivity index (χ2v) is 6.42. The Balaban J connectivity index is 1.50. The van der Waals surface area contributed by atoms with Gasteiger partial charge in [-0.15, -0.1) is 11.8 Å². The molecule has 5 nitrogen and oxygen atoms in total. The number of fused-ring (bicyclic) bond motifs is 1. The van der Waals surface area contributed by atoms with E-state index in [4.69, 9.17) is 4.52 Å². The fraction of sp³-hybridized carbons (Fsp3) is 0.438. The van der Waals surface area contributed by atoms with Crippen LogP contribution in [0.15, 0.2) is 28.8 Å². The van der Waals surface area contributed by atoms with Crippen molar-refractivity contribution in [3.63, 3.8) is 0 Å². The van der Waals surface area contributed by atoms with Crippen LogP contribution in [0.4, 0.5) is 0 Å². The van der Waals surface area contributed by atoms with Gasteiger partial charge < -0.3 is 9.84 Å². The quantitative estimate of drug-likeness (QED) is 0.918. The average molecular weight is 317 g/mol.